The van der Waals surface area contributed by atoms with Crippen molar-refractivity contribution in [3.63, 3.8) is 0 Å². The van der Waals surface area contributed by atoms with Gasteiger partial charge in [0.1, 0.15) is 13.2 Å². The van der Waals surface area contributed by atoms with Crippen LogP contribution in [0.15, 0.2) is 182 Å². The topological polar surface area (TPSA) is 78.9 Å². The number of unbranched alkanes of at least 4 members (excludes halogenated alkanes) is 15. The summed E-state index contributed by atoms with van der Waals surface area (Å²) in [5.74, 6) is -1.07. The van der Waals surface area contributed by atoms with Crippen molar-refractivity contribution in [1.82, 2.24) is 0 Å². The summed E-state index contributed by atoms with van der Waals surface area (Å²) in [5.41, 5.74) is 0. The Hall–Kier alpha value is -5.49. The van der Waals surface area contributed by atoms with Gasteiger partial charge in [-0.15, -0.1) is 0 Å². The van der Waals surface area contributed by atoms with Crippen molar-refractivity contribution in [3.8, 4) is 0 Å². The smallest absolute Gasteiger partial charge is 0.306 e. The zero-order valence-corrected chi connectivity index (χ0v) is 51.7. The zero-order valence-electron chi connectivity index (χ0n) is 51.7. The van der Waals surface area contributed by atoms with Gasteiger partial charge >= 0.3 is 17.9 Å². The summed E-state index contributed by atoms with van der Waals surface area (Å²) in [6.45, 7) is 6.28. The predicted octanol–water partition coefficient (Wildman–Crippen LogP) is 22.4. The first kappa shape index (κ1) is 75.5. The highest BCUT2D eigenvalue weighted by atomic mass is 16.6. The van der Waals surface area contributed by atoms with Crippen LogP contribution in [-0.4, -0.2) is 37.2 Å². The first-order valence-electron chi connectivity index (χ1n) is 32.3. The van der Waals surface area contributed by atoms with Crippen LogP contribution in [0.2, 0.25) is 0 Å². The molecule has 0 bridgehead atoms. The van der Waals surface area contributed by atoms with E-state index in [2.05, 4.69) is 191 Å². The number of carbonyl (C=O) groups is 3. The lowest BCUT2D eigenvalue weighted by Crippen LogP contribution is -2.30. The van der Waals surface area contributed by atoms with E-state index >= 15 is 0 Å². The molecule has 0 heterocycles. The van der Waals surface area contributed by atoms with E-state index < -0.39 is 6.10 Å². The Kier molecular flexibility index (Phi) is 62.5. The van der Waals surface area contributed by atoms with E-state index in [1.165, 1.54) is 70.6 Å². The molecule has 0 saturated carbocycles. The Balaban J connectivity index is 4.51. The first-order valence-corrected chi connectivity index (χ1v) is 32.3. The van der Waals surface area contributed by atoms with E-state index in [4.69, 9.17) is 14.2 Å². The van der Waals surface area contributed by atoms with E-state index in [0.717, 1.165) is 128 Å². The molecule has 0 rings (SSSR count). The van der Waals surface area contributed by atoms with Gasteiger partial charge in [-0.05, 0) is 148 Å². The van der Waals surface area contributed by atoms with Crippen LogP contribution in [0.5, 0.6) is 0 Å². The summed E-state index contributed by atoms with van der Waals surface area (Å²) in [5, 5.41) is 0. The molecule has 0 aliphatic heterocycles. The van der Waals surface area contributed by atoms with Crippen molar-refractivity contribution >= 4 is 17.9 Å². The van der Waals surface area contributed by atoms with Gasteiger partial charge in [-0.3, -0.25) is 14.4 Å². The molecule has 0 aromatic rings. The lowest BCUT2D eigenvalue weighted by Gasteiger charge is -2.18. The quantitative estimate of drug-likeness (QED) is 0.0261. The Morgan fingerprint density at radius 3 is 0.852 bits per heavy atom. The zero-order chi connectivity index (χ0) is 58.5. The maximum Gasteiger partial charge on any atom is 0.306 e. The molecule has 0 saturated heterocycles. The standard InChI is InChI=1S/C75H116O6/c1-4-7-10-13-16-19-22-25-27-29-31-33-35-36-37-38-40-41-43-45-47-50-53-56-59-62-65-68-74(77)80-71-72(70-79-73(76)67-64-61-58-55-52-49-24-21-18-15-12-9-6-3)81-75(78)69-66-63-60-57-54-51-48-46-44-42-39-34-32-30-28-26-23-20-17-14-11-8-5-2/h7,9-10,12,16,18-19,21,23,25-27,30-33,36-37,39-42,45,47,49,52-53,56,58,61,72H,4-6,8,11,13-15,17,20,22,24,28-29,34-35,38,43-44,46,48,50-51,54-55,57,59-60,62-71H2,1-3H3/b10-7-,12-9-,19-16-,21-18-,26-23-,27-25-,32-30-,33-31-,37-36-,41-40-,42-39-,47-45-,52-49-,56-53-,61-58-. The predicted molar refractivity (Wildman–Crippen MR) is 352 cm³/mol. The molecule has 0 N–H and O–H groups in total. The average Bonchev–Trinajstić information content (AvgIpc) is 3.46. The van der Waals surface area contributed by atoms with Gasteiger partial charge in [0.05, 0.1) is 0 Å². The Morgan fingerprint density at radius 1 is 0.259 bits per heavy atom. The molecule has 0 amide bonds. The van der Waals surface area contributed by atoms with Crippen LogP contribution >= 0.6 is 0 Å². The van der Waals surface area contributed by atoms with Crippen molar-refractivity contribution < 1.29 is 28.6 Å². The molecule has 6 nitrogen and oxygen atoms in total. The highest BCUT2D eigenvalue weighted by molar-refractivity contribution is 5.71. The molecule has 6 heteroatoms. The van der Waals surface area contributed by atoms with Crippen molar-refractivity contribution in [2.75, 3.05) is 13.2 Å². The second-order valence-corrected chi connectivity index (χ2v) is 20.5. The fourth-order valence-corrected chi connectivity index (χ4v) is 8.12. The van der Waals surface area contributed by atoms with Gasteiger partial charge < -0.3 is 14.2 Å². The van der Waals surface area contributed by atoms with E-state index in [1.807, 2.05) is 12.2 Å². The van der Waals surface area contributed by atoms with Crippen LogP contribution in [0.3, 0.4) is 0 Å². The Bertz CT molecular complexity index is 1900. The van der Waals surface area contributed by atoms with Gasteiger partial charge in [-0.25, -0.2) is 0 Å². The van der Waals surface area contributed by atoms with Crippen LogP contribution in [0, 0.1) is 0 Å². The number of ether oxygens (including phenoxy) is 3. The monoisotopic (exact) mass is 1110 g/mol. The van der Waals surface area contributed by atoms with Crippen LogP contribution in [0.25, 0.3) is 0 Å². The number of esters is 3. The number of allylic oxidation sites excluding steroid dienone is 30. The molecule has 81 heavy (non-hydrogen) atoms. The summed E-state index contributed by atoms with van der Waals surface area (Å²) in [6, 6.07) is 0. The first-order chi connectivity index (χ1) is 40.0. The molecule has 1 atom stereocenters. The van der Waals surface area contributed by atoms with Gasteiger partial charge in [0.15, 0.2) is 6.10 Å². The molecule has 0 aromatic carbocycles. The molecule has 452 valence electrons. The molecule has 1 unspecified atom stereocenters. The maximum absolute atomic E-state index is 12.9. The molecule has 0 aromatic heterocycles. The van der Waals surface area contributed by atoms with E-state index in [0.29, 0.717) is 12.8 Å². The lowest BCUT2D eigenvalue weighted by atomic mass is 10.1. The summed E-state index contributed by atoms with van der Waals surface area (Å²) < 4.78 is 16.8. The SMILES string of the molecule is CC/C=C\C/C=C\C/C=C\C/C=C\C/C=C\C/C=C\C/C=C\C/C=C\CCCCC(=O)OCC(COC(=O)CC/C=C\C/C=C\C/C=C\C/C=C\CC)OC(=O)CCCCCCCCCC/C=C\C/C=C\C/C=C\CCCCCCC. The highest BCUT2D eigenvalue weighted by Gasteiger charge is 2.19. The molecular formula is C75H116O6. The average molecular weight is 1110 g/mol. The van der Waals surface area contributed by atoms with Gasteiger partial charge in [0.2, 0.25) is 0 Å². The minimum absolute atomic E-state index is 0.135. The minimum atomic E-state index is -0.841. The second-order valence-electron chi connectivity index (χ2n) is 20.5. The van der Waals surface area contributed by atoms with E-state index in [-0.39, 0.29) is 50.4 Å². The second kappa shape index (κ2) is 67.0. The summed E-state index contributed by atoms with van der Waals surface area (Å²) in [4.78, 5) is 38.3. The van der Waals surface area contributed by atoms with E-state index in [1.54, 1.807) is 0 Å². The van der Waals surface area contributed by atoms with Crippen molar-refractivity contribution in [2.24, 2.45) is 0 Å². The van der Waals surface area contributed by atoms with Crippen LogP contribution < -0.4 is 0 Å². The summed E-state index contributed by atoms with van der Waals surface area (Å²) >= 11 is 0. The molecule has 0 aliphatic carbocycles. The van der Waals surface area contributed by atoms with Crippen molar-refractivity contribution in [2.45, 2.75) is 258 Å². The number of hydrogen-bond donors (Lipinski definition) is 0. The fourth-order valence-electron chi connectivity index (χ4n) is 8.12. The number of hydrogen-bond acceptors (Lipinski definition) is 6. The van der Waals surface area contributed by atoms with Crippen LogP contribution in [0.4, 0.5) is 0 Å². The molecule has 0 spiro atoms. The number of rotatable bonds is 56. The van der Waals surface area contributed by atoms with Crippen LogP contribution in [0.1, 0.15) is 252 Å². The fraction of sp³-hybridized carbons (Fsp3) is 0.560. The third kappa shape index (κ3) is 65.2. The minimum Gasteiger partial charge on any atom is -0.462 e. The maximum atomic E-state index is 12.9. The van der Waals surface area contributed by atoms with Gasteiger partial charge in [0.25, 0.3) is 0 Å². The molecular weight excluding hydrogens is 997 g/mol. The third-order valence-electron chi connectivity index (χ3n) is 12.9. The Labute approximate surface area is 497 Å². The van der Waals surface area contributed by atoms with E-state index in [9.17, 15) is 14.4 Å². The summed E-state index contributed by atoms with van der Waals surface area (Å²) in [6.07, 6.45) is 101. The van der Waals surface area contributed by atoms with Crippen molar-refractivity contribution in [1.29, 1.82) is 0 Å². The number of carbonyl (C=O) groups excluding carboxylic acids is 3. The normalized spacial score (nSPS) is 13.4. The van der Waals surface area contributed by atoms with Gasteiger partial charge in [0, 0.05) is 19.3 Å². The third-order valence-corrected chi connectivity index (χ3v) is 12.9. The summed E-state index contributed by atoms with van der Waals surface area (Å²) in [7, 11) is 0. The van der Waals surface area contributed by atoms with Crippen LogP contribution in [-0.2, 0) is 28.6 Å². The largest absolute Gasteiger partial charge is 0.462 e. The van der Waals surface area contributed by atoms with Gasteiger partial charge in [-0.2, -0.15) is 0 Å². The van der Waals surface area contributed by atoms with Crippen molar-refractivity contribution in [3.05, 3.63) is 182 Å². The highest BCUT2D eigenvalue weighted by Crippen LogP contribution is 2.13. The molecule has 0 radical (unpaired) electrons. The lowest BCUT2D eigenvalue weighted by molar-refractivity contribution is -0.166. The molecule has 0 fully saturated rings. The Morgan fingerprint density at radius 2 is 0.506 bits per heavy atom. The van der Waals surface area contributed by atoms with Gasteiger partial charge in [-0.1, -0.05) is 267 Å². The molecule has 0 aliphatic rings.